The van der Waals surface area contributed by atoms with E-state index in [-0.39, 0.29) is 24.5 Å². The molecule has 3 heterocycles. The van der Waals surface area contributed by atoms with Crippen molar-refractivity contribution >= 4 is 46.5 Å². The predicted molar refractivity (Wildman–Crippen MR) is 134 cm³/mol. The van der Waals surface area contributed by atoms with Crippen molar-refractivity contribution in [1.82, 2.24) is 19.8 Å². The van der Waals surface area contributed by atoms with Crippen LogP contribution in [0.5, 0.6) is 0 Å². The molecule has 9 heteroatoms. The van der Waals surface area contributed by atoms with Crippen molar-refractivity contribution in [3.05, 3.63) is 81.4 Å². The van der Waals surface area contributed by atoms with Crippen molar-refractivity contribution in [2.24, 2.45) is 0 Å². The van der Waals surface area contributed by atoms with Gasteiger partial charge >= 0.3 is 5.97 Å². The lowest BCUT2D eigenvalue weighted by Crippen LogP contribution is -2.32. The van der Waals surface area contributed by atoms with Crippen molar-refractivity contribution in [3.63, 3.8) is 0 Å². The maximum absolute atomic E-state index is 11.9. The minimum Gasteiger partial charge on any atom is -0.469 e. The molecule has 3 aromatic rings. The molecule has 0 aliphatic carbocycles. The number of nitrogens with zero attached hydrogens (tertiary/aromatic N) is 3. The largest absolute Gasteiger partial charge is 0.469 e. The quantitative estimate of drug-likeness (QED) is 0.363. The number of methoxy groups -OCH3 is 1. The maximum Gasteiger partial charge on any atom is 0.307 e. The summed E-state index contributed by atoms with van der Waals surface area (Å²) in [4.78, 5) is 18.5. The number of pyridine rings is 1. The first kappa shape index (κ1) is 23.5. The van der Waals surface area contributed by atoms with E-state index < -0.39 is 0 Å². The first-order chi connectivity index (χ1) is 15.8. The normalized spacial score (nSPS) is 17.8. The van der Waals surface area contributed by atoms with Crippen LogP contribution >= 0.6 is 35.4 Å². The maximum atomic E-state index is 11.9. The number of thiocarbonyl (C=S) groups is 1. The zero-order chi connectivity index (χ0) is 23.7. The number of aryl methyl sites for hydroxylation is 1. The van der Waals surface area contributed by atoms with Gasteiger partial charge in [0, 0.05) is 29.2 Å². The van der Waals surface area contributed by atoms with E-state index in [0.717, 1.165) is 28.3 Å². The van der Waals surface area contributed by atoms with Crippen LogP contribution in [-0.2, 0) is 9.53 Å². The Morgan fingerprint density at radius 3 is 2.67 bits per heavy atom. The first-order valence-electron chi connectivity index (χ1n) is 10.5. The van der Waals surface area contributed by atoms with Crippen molar-refractivity contribution in [1.29, 1.82) is 0 Å². The lowest BCUT2D eigenvalue weighted by atomic mass is 9.96. The summed E-state index contributed by atoms with van der Waals surface area (Å²) in [6, 6.07) is 13.1. The van der Waals surface area contributed by atoms with Crippen LogP contribution in [0.3, 0.4) is 0 Å². The van der Waals surface area contributed by atoms with Gasteiger partial charge in [0.2, 0.25) is 0 Å². The molecular weight excluding hydrogens is 479 g/mol. The molecule has 33 heavy (non-hydrogen) atoms. The standard InChI is InChI=1S/C24H24Cl2N4O2S/c1-14-12-17(15(2)30(14)20-8-7-16(25)13-18(20)26)23-22(19-6-4-5-10-27-19)28-24(33)29(23)11-9-21(31)32-3/h4-8,10,12-13,22-23H,9,11H2,1-3H3,(H,28,33). The van der Waals surface area contributed by atoms with Gasteiger partial charge in [-0.25, -0.2) is 0 Å². The van der Waals surface area contributed by atoms with Gasteiger partial charge in [-0.3, -0.25) is 9.78 Å². The Hall–Kier alpha value is -2.61. The molecule has 0 bridgehead atoms. The Morgan fingerprint density at radius 1 is 1.21 bits per heavy atom. The lowest BCUT2D eigenvalue weighted by Gasteiger charge is -2.28. The number of nitrogens with one attached hydrogen (secondary N) is 1. The third kappa shape index (κ3) is 4.58. The second-order valence-corrected chi connectivity index (χ2v) is 9.13. The zero-order valence-corrected chi connectivity index (χ0v) is 20.8. The van der Waals surface area contributed by atoms with Crippen LogP contribution in [0.1, 0.15) is 41.1 Å². The van der Waals surface area contributed by atoms with E-state index in [0.29, 0.717) is 21.7 Å². The fourth-order valence-corrected chi connectivity index (χ4v) is 5.24. The van der Waals surface area contributed by atoms with Crippen molar-refractivity contribution < 1.29 is 9.53 Å². The Bertz CT molecular complexity index is 1200. The summed E-state index contributed by atoms with van der Waals surface area (Å²) in [7, 11) is 1.39. The zero-order valence-electron chi connectivity index (χ0n) is 18.5. The highest BCUT2D eigenvalue weighted by Gasteiger charge is 2.41. The van der Waals surface area contributed by atoms with Gasteiger partial charge in [0.25, 0.3) is 0 Å². The van der Waals surface area contributed by atoms with Gasteiger partial charge in [0.1, 0.15) is 0 Å². The number of halogens is 2. The highest BCUT2D eigenvalue weighted by atomic mass is 35.5. The van der Waals surface area contributed by atoms with Gasteiger partial charge in [-0.15, -0.1) is 0 Å². The van der Waals surface area contributed by atoms with E-state index in [4.69, 9.17) is 40.2 Å². The van der Waals surface area contributed by atoms with Crippen molar-refractivity contribution in [2.45, 2.75) is 32.4 Å². The third-order valence-electron chi connectivity index (χ3n) is 5.92. The third-order valence-corrected chi connectivity index (χ3v) is 6.81. The average Bonchev–Trinajstić information content (AvgIpc) is 3.28. The van der Waals surface area contributed by atoms with E-state index in [1.54, 1.807) is 12.3 Å². The van der Waals surface area contributed by atoms with Gasteiger partial charge in [0.15, 0.2) is 5.11 Å². The smallest absolute Gasteiger partial charge is 0.307 e. The van der Waals surface area contributed by atoms with E-state index in [1.807, 2.05) is 42.2 Å². The Labute approximate surface area is 208 Å². The lowest BCUT2D eigenvalue weighted by molar-refractivity contribution is -0.140. The number of hydrogen-bond acceptors (Lipinski definition) is 4. The summed E-state index contributed by atoms with van der Waals surface area (Å²) in [5.74, 6) is -0.281. The average molecular weight is 503 g/mol. The first-order valence-corrected chi connectivity index (χ1v) is 11.7. The number of rotatable bonds is 6. The van der Waals surface area contributed by atoms with Crippen LogP contribution in [0.2, 0.25) is 10.0 Å². The molecule has 0 amide bonds. The summed E-state index contributed by atoms with van der Waals surface area (Å²) in [6.45, 7) is 4.52. The van der Waals surface area contributed by atoms with Crippen molar-refractivity contribution in [3.8, 4) is 5.69 Å². The monoisotopic (exact) mass is 502 g/mol. The van der Waals surface area contributed by atoms with Crippen LogP contribution in [0.4, 0.5) is 0 Å². The Morgan fingerprint density at radius 2 is 2.00 bits per heavy atom. The molecule has 1 saturated heterocycles. The number of esters is 1. The second-order valence-electron chi connectivity index (χ2n) is 7.90. The van der Waals surface area contributed by atoms with Gasteiger partial charge < -0.3 is 19.5 Å². The van der Waals surface area contributed by atoms with E-state index in [1.165, 1.54) is 7.11 Å². The van der Waals surface area contributed by atoms with Gasteiger partial charge in [0.05, 0.1) is 42.0 Å². The van der Waals surface area contributed by atoms with Crippen LogP contribution in [-0.4, -0.2) is 39.2 Å². The molecular formula is C24H24Cl2N4O2S. The van der Waals surface area contributed by atoms with Gasteiger partial charge in [-0.05, 0) is 68.0 Å². The number of carbonyl (C=O) groups excluding carboxylic acids is 1. The summed E-state index contributed by atoms with van der Waals surface area (Å²) < 4.78 is 6.97. The second kappa shape index (κ2) is 9.71. The highest BCUT2D eigenvalue weighted by Crippen LogP contribution is 2.42. The van der Waals surface area contributed by atoms with Crippen LogP contribution in [0, 0.1) is 13.8 Å². The molecule has 4 rings (SSSR count). The summed E-state index contributed by atoms with van der Waals surface area (Å²) in [6.07, 6.45) is 2.00. The molecule has 172 valence electrons. The van der Waals surface area contributed by atoms with Gasteiger partial charge in [-0.2, -0.15) is 0 Å². The fourth-order valence-electron chi connectivity index (χ4n) is 4.42. The fraction of sp³-hybridized carbons (Fsp3) is 0.292. The van der Waals surface area contributed by atoms with E-state index in [2.05, 4.69) is 27.9 Å². The predicted octanol–water partition coefficient (Wildman–Crippen LogP) is 5.33. The number of aromatic nitrogens is 2. The van der Waals surface area contributed by atoms with Crippen LogP contribution in [0.25, 0.3) is 5.69 Å². The molecule has 6 nitrogen and oxygen atoms in total. The number of benzene rings is 1. The summed E-state index contributed by atoms with van der Waals surface area (Å²) in [5, 5.41) is 5.15. The molecule has 2 atom stereocenters. The van der Waals surface area contributed by atoms with Crippen LogP contribution in [0.15, 0.2) is 48.7 Å². The molecule has 0 radical (unpaired) electrons. The molecule has 0 saturated carbocycles. The molecule has 2 aromatic heterocycles. The van der Waals surface area contributed by atoms with E-state index >= 15 is 0 Å². The molecule has 1 fully saturated rings. The molecule has 1 N–H and O–H groups in total. The highest BCUT2D eigenvalue weighted by molar-refractivity contribution is 7.80. The SMILES string of the molecule is COC(=O)CCN1C(=S)NC(c2ccccn2)C1c1cc(C)n(-c2ccc(Cl)cc2Cl)c1C. The Balaban J connectivity index is 1.81. The van der Waals surface area contributed by atoms with Crippen molar-refractivity contribution in [2.75, 3.05) is 13.7 Å². The summed E-state index contributed by atoms with van der Waals surface area (Å²) >= 11 is 18.3. The molecule has 2 unspecified atom stereocenters. The minimum absolute atomic E-state index is 0.164. The number of carbonyl (C=O) groups is 1. The molecule has 1 aromatic carbocycles. The van der Waals surface area contributed by atoms with Gasteiger partial charge in [-0.1, -0.05) is 29.3 Å². The topological polar surface area (TPSA) is 59.4 Å². The number of ether oxygens (including phenoxy) is 1. The molecule has 1 aliphatic rings. The Kier molecular flexibility index (Phi) is 6.93. The molecule has 0 spiro atoms. The molecule has 1 aliphatic heterocycles. The van der Waals surface area contributed by atoms with Crippen LogP contribution < -0.4 is 5.32 Å². The number of hydrogen-bond donors (Lipinski definition) is 1. The van der Waals surface area contributed by atoms with E-state index in [9.17, 15) is 4.79 Å². The summed E-state index contributed by atoms with van der Waals surface area (Å²) in [5.41, 5.74) is 4.85. The minimum atomic E-state index is -0.281.